The molecule has 0 aliphatic carbocycles. The SMILES string of the molecule is N#Cc1ccc(-c2cccc(-n3c4ccccc4c4cc(-c5ccc6c(c5)c5ccccc5n6-c5cccc(-c6ccccc6)c5)ccc43)c2)cc1. The Morgan fingerprint density at radius 1 is 0.308 bits per heavy atom. The summed E-state index contributed by atoms with van der Waals surface area (Å²) in [4.78, 5) is 0. The second-order valence-electron chi connectivity index (χ2n) is 13.3. The molecule has 0 radical (unpaired) electrons. The number of benzene rings is 8. The Morgan fingerprint density at radius 3 is 1.23 bits per heavy atom. The van der Waals surface area contributed by atoms with E-state index >= 15 is 0 Å². The number of fused-ring (bicyclic) bond motifs is 6. The van der Waals surface area contributed by atoms with Crippen LogP contribution in [0.4, 0.5) is 0 Å². The Hall–Kier alpha value is -7.15. The van der Waals surface area contributed by atoms with E-state index in [1.54, 1.807) is 0 Å². The van der Waals surface area contributed by atoms with Gasteiger partial charge in [-0.25, -0.2) is 0 Å². The first kappa shape index (κ1) is 29.7. The number of para-hydroxylation sites is 2. The summed E-state index contributed by atoms with van der Waals surface area (Å²) in [6.07, 6.45) is 0. The molecule has 0 bridgehead atoms. The number of hydrogen-bond acceptors (Lipinski definition) is 1. The second kappa shape index (κ2) is 12.0. The van der Waals surface area contributed by atoms with Gasteiger partial charge in [-0.15, -0.1) is 0 Å². The lowest BCUT2D eigenvalue weighted by atomic mass is 10.0. The number of nitriles is 1. The van der Waals surface area contributed by atoms with Crippen molar-refractivity contribution in [1.82, 2.24) is 9.13 Å². The molecule has 0 fully saturated rings. The molecule has 242 valence electrons. The lowest BCUT2D eigenvalue weighted by Crippen LogP contribution is -1.94. The van der Waals surface area contributed by atoms with E-state index in [2.05, 4.69) is 179 Å². The third-order valence-corrected chi connectivity index (χ3v) is 10.3. The number of nitrogens with zero attached hydrogens (tertiary/aromatic N) is 3. The highest BCUT2D eigenvalue weighted by Gasteiger charge is 2.17. The Balaban J connectivity index is 1.10. The normalized spacial score (nSPS) is 11.4. The minimum absolute atomic E-state index is 0.664. The van der Waals surface area contributed by atoms with Crippen LogP contribution >= 0.6 is 0 Å². The lowest BCUT2D eigenvalue weighted by molar-refractivity contribution is 1.18. The second-order valence-corrected chi connectivity index (χ2v) is 13.3. The van der Waals surface area contributed by atoms with Crippen molar-refractivity contribution < 1.29 is 0 Å². The molecule has 2 aromatic heterocycles. The topological polar surface area (TPSA) is 33.6 Å². The van der Waals surface area contributed by atoms with Crippen LogP contribution in [0.3, 0.4) is 0 Å². The lowest BCUT2D eigenvalue weighted by Gasteiger charge is -2.11. The quantitative estimate of drug-likeness (QED) is 0.181. The molecule has 0 unspecified atom stereocenters. The summed E-state index contributed by atoms with van der Waals surface area (Å²) in [5, 5.41) is 14.2. The summed E-state index contributed by atoms with van der Waals surface area (Å²) in [5.41, 5.74) is 14.6. The van der Waals surface area contributed by atoms with Crippen molar-refractivity contribution in [1.29, 1.82) is 5.26 Å². The van der Waals surface area contributed by atoms with Crippen molar-refractivity contribution in [3.05, 3.63) is 194 Å². The smallest absolute Gasteiger partial charge is 0.0991 e. The molecule has 0 amide bonds. The number of rotatable bonds is 5. The molecule has 0 aliphatic rings. The van der Waals surface area contributed by atoms with Crippen LogP contribution < -0.4 is 0 Å². The maximum atomic E-state index is 9.28. The number of hydrogen-bond donors (Lipinski definition) is 0. The van der Waals surface area contributed by atoms with Crippen molar-refractivity contribution in [3.63, 3.8) is 0 Å². The van der Waals surface area contributed by atoms with Gasteiger partial charge in [-0.2, -0.15) is 5.26 Å². The molecule has 0 saturated carbocycles. The Kier molecular flexibility index (Phi) is 6.87. The monoisotopic (exact) mass is 661 g/mol. The zero-order valence-corrected chi connectivity index (χ0v) is 28.2. The average Bonchev–Trinajstić information content (AvgIpc) is 3.73. The van der Waals surface area contributed by atoms with E-state index in [0.29, 0.717) is 5.56 Å². The summed E-state index contributed by atoms with van der Waals surface area (Å²) in [7, 11) is 0. The van der Waals surface area contributed by atoms with Gasteiger partial charge in [-0.05, 0) is 106 Å². The summed E-state index contributed by atoms with van der Waals surface area (Å²) < 4.78 is 4.76. The molecular formula is C49H31N3. The third-order valence-electron chi connectivity index (χ3n) is 10.3. The first-order chi connectivity index (χ1) is 25.7. The van der Waals surface area contributed by atoms with Crippen molar-refractivity contribution >= 4 is 43.6 Å². The fraction of sp³-hybridized carbons (Fsp3) is 0. The van der Waals surface area contributed by atoms with Gasteiger partial charge in [0, 0.05) is 32.9 Å². The standard InChI is InChI=1S/C49H31N3/c50-32-33-20-22-35(23-21-33)37-13-9-15-41(29-37)52-47-19-7-5-17-43(47)45-31-39(25-27-49(45)52)38-24-26-48-44(30-38)42-16-4-6-18-46(42)51(48)40-14-8-12-36(28-40)34-10-2-1-3-11-34/h1-31H. The molecule has 0 N–H and O–H groups in total. The predicted molar refractivity (Wildman–Crippen MR) is 216 cm³/mol. The van der Waals surface area contributed by atoms with E-state index in [9.17, 15) is 5.26 Å². The van der Waals surface area contributed by atoms with E-state index in [4.69, 9.17) is 0 Å². The zero-order chi connectivity index (χ0) is 34.6. The van der Waals surface area contributed by atoms with Crippen molar-refractivity contribution in [2.24, 2.45) is 0 Å². The van der Waals surface area contributed by atoms with Gasteiger partial charge in [0.1, 0.15) is 0 Å². The highest BCUT2D eigenvalue weighted by atomic mass is 15.0. The Labute approximate surface area is 301 Å². The molecule has 0 spiro atoms. The minimum Gasteiger partial charge on any atom is -0.309 e. The minimum atomic E-state index is 0.664. The third kappa shape index (κ3) is 4.81. The van der Waals surface area contributed by atoms with Crippen LogP contribution in [0.2, 0.25) is 0 Å². The van der Waals surface area contributed by atoms with E-state index < -0.39 is 0 Å². The molecule has 0 aliphatic heterocycles. The highest BCUT2D eigenvalue weighted by Crippen LogP contribution is 2.39. The van der Waals surface area contributed by atoms with Gasteiger partial charge < -0.3 is 9.13 Å². The van der Waals surface area contributed by atoms with Gasteiger partial charge in [-0.3, -0.25) is 0 Å². The molecule has 0 atom stereocenters. The Morgan fingerprint density at radius 2 is 0.712 bits per heavy atom. The molecule has 10 aromatic rings. The summed E-state index contributed by atoms with van der Waals surface area (Å²) in [6.45, 7) is 0. The van der Waals surface area contributed by atoms with Gasteiger partial charge in [0.15, 0.2) is 0 Å². The predicted octanol–water partition coefficient (Wildman–Crippen LogP) is 12.8. The molecule has 10 rings (SSSR count). The molecule has 3 nitrogen and oxygen atoms in total. The van der Waals surface area contributed by atoms with Crippen LogP contribution in [0.25, 0.3) is 88.4 Å². The van der Waals surface area contributed by atoms with E-state index in [1.807, 2.05) is 24.3 Å². The first-order valence-electron chi connectivity index (χ1n) is 17.6. The van der Waals surface area contributed by atoms with Crippen LogP contribution in [0.5, 0.6) is 0 Å². The van der Waals surface area contributed by atoms with Crippen molar-refractivity contribution in [2.75, 3.05) is 0 Å². The van der Waals surface area contributed by atoms with E-state index in [-0.39, 0.29) is 0 Å². The summed E-state index contributed by atoms with van der Waals surface area (Å²) in [6, 6.07) is 69.2. The van der Waals surface area contributed by atoms with Crippen LogP contribution in [-0.2, 0) is 0 Å². The van der Waals surface area contributed by atoms with Crippen LogP contribution in [0.15, 0.2) is 188 Å². The van der Waals surface area contributed by atoms with E-state index in [0.717, 1.165) is 28.0 Å². The fourth-order valence-electron chi connectivity index (χ4n) is 7.88. The molecule has 0 saturated heterocycles. The van der Waals surface area contributed by atoms with Crippen molar-refractivity contribution in [2.45, 2.75) is 0 Å². The molecule has 8 aromatic carbocycles. The van der Waals surface area contributed by atoms with Gasteiger partial charge in [0.05, 0.1) is 33.7 Å². The average molecular weight is 662 g/mol. The van der Waals surface area contributed by atoms with Gasteiger partial charge in [-0.1, -0.05) is 115 Å². The summed E-state index contributed by atoms with van der Waals surface area (Å²) in [5.74, 6) is 0. The van der Waals surface area contributed by atoms with Gasteiger partial charge >= 0.3 is 0 Å². The van der Waals surface area contributed by atoms with Crippen LogP contribution in [0, 0.1) is 11.3 Å². The number of aromatic nitrogens is 2. The van der Waals surface area contributed by atoms with Crippen molar-refractivity contribution in [3.8, 4) is 50.8 Å². The zero-order valence-electron chi connectivity index (χ0n) is 28.2. The van der Waals surface area contributed by atoms with Crippen LogP contribution in [0.1, 0.15) is 5.56 Å². The maximum absolute atomic E-state index is 9.28. The summed E-state index contributed by atoms with van der Waals surface area (Å²) >= 11 is 0. The maximum Gasteiger partial charge on any atom is 0.0991 e. The fourth-order valence-corrected chi connectivity index (χ4v) is 7.88. The molecular weight excluding hydrogens is 631 g/mol. The van der Waals surface area contributed by atoms with Crippen LogP contribution in [-0.4, -0.2) is 9.13 Å². The van der Waals surface area contributed by atoms with Gasteiger partial charge in [0.25, 0.3) is 0 Å². The van der Waals surface area contributed by atoms with Gasteiger partial charge in [0.2, 0.25) is 0 Å². The first-order valence-corrected chi connectivity index (χ1v) is 17.6. The molecule has 3 heteroatoms. The molecule has 2 heterocycles. The molecule has 52 heavy (non-hydrogen) atoms. The highest BCUT2D eigenvalue weighted by molar-refractivity contribution is 6.12. The van der Waals surface area contributed by atoms with E-state index in [1.165, 1.54) is 60.3 Å². The Bertz CT molecular complexity index is 3010. The largest absolute Gasteiger partial charge is 0.309 e.